The summed E-state index contributed by atoms with van der Waals surface area (Å²) in [6, 6.07) is 5.83. The first-order chi connectivity index (χ1) is 11.1. The summed E-state index contributed by atoms with van der Waals surface area (Å²) in [6.45, 7) is 0. The Kier molecular flexibility index (Phi) is 4.95. The Morgan fingerprint density at radius 2 is 2.00 bits per heavy atom. The molecule has 0 unspecified atom stereocenters. The van der Waals surface area contributed by atoms with Crippen molar-refractivity contribution in [1.29, 1.82) is 0 Å². The first kappa shape index (κ1) is 16.0. The maximum absolute atomic E-state index is 12.8. The van der Waals surface area contributed by atoms with Gasteiger partial charge in [0.2, 0.25) is 11.8 Å². The van der Waals surface area contributed by atoms with E-state index < -0.39 is 5.25 Å². The number of amidine groups is 1. The molecule has 1 saturated heterocycles. The minimum absolute atomic E-state index is 0.0670. The second-order valence-corrected chi connectivity index (χ2v) is 6.92. The number of nitrogens with zero attached hydrogens (tertiary/aromatic N) is 1. The van der Waals surface area contributed by atoms with Gasteiger partial charge in [0.15, 0.2) is 5.17 Å². The van der Waals surface area contributed by atoms with Crippen molar-refractivity contribution in [1.82, 2.24) is 5.32 Å². The van der Waals surface area contributed by atoms with Gasteiger partial charge in [0.1, 0.15) is 11.1 Å². The Morgan fingerprint density at radius 1 is 1.30 bits per heavy atom. The Labute approximate surface area is 138 Å². The number of aliphatic imine (C=N–C) groups is 1. The van der Waals surface area contributed by atoms with E-state index in [2.05, 4.69) is 15.6 Å². The van der Waals surface area contributed by atoms with Crippen LogP contribution in [0.15, 0.2) is 29.3 Å². The molecule has 1 aromatic rings. The average Bonchev–Trinajstić information content (AvgIpc) is 3.12. The van der Waals surface area contributed by atoms with Crippen LogP contribution in [0.5, 0.6) is 0 Å². The summed E-state index contributed by atoms with van der Waals surface area (Å²) < 4.78 is 12.8. The lowest BCUT2D eigenvalue weighted by Gasteiger charge is -2.07. The Balaban J connectivity index is 1.54. The Hall–Kier alpha value is -1.89. The molecule has 2 N–H and O–H groups in total. The van der Waals surface area contributed by atoms with E-state index in [4.69, 9.17) is 0 Å². The first-order valence-electron chi connectivity index (χ1n) is 7.71. The highest BCUT2D eigenvalue weighted by Gasteiger charge is 2.32. The second-order valence-electron chi connectivity index (χ2n) is 5.73. The van der Waals surface area contributed by atoms with Crippen LogP contribution in [0.4, 0.5) is 10.1 Å². The number of amides is 2. The van der Waals surface area contributed by atoms with Gasteiger partial charge in [-0.05, 0) is 37.1 Å². The Morgan fingerprint density at radius 3 is 2.70 bits per heavy atom. The number of nitrogens with one attached hydrogen (secondary N) is 2. The van der Waals surface area contributed by atoms with Gasteiger partial charge in [0.25, 0.3) is 0 Å². The number of anilines is 1. The molecule has 3 rings (SSSR count). The molecule has 1 aromatic carbocycles. The molecule has 2 amide bonds. The lowest BCUT2D eigenvalue weighted by Crippen LogP contribution is -2.28. The topological polar surface area (TPSA) is 70.6 Å². The number of hydrogen-bond donors (Lipinski definition) is 2. The van der Waals surface area contributed by atoms with Crippen LogP contribution < -0.4 is 10.6 Å². The fraction of sp³-hybridized carbons (Fsp3) is 0.438. The van der Waals surface area contributed by atoms with Crippen molar-refractivity contribution in [2.24, 2.45) is 4.99 Å². The SMILES string of the molecule is O=C(C[C@@H]1SC(=NC2CCCC2)NC1=O)Nc1ccc(F)cc1. The van der Waals surface area contributed by atoms with Gasteiger partial charge in [-0.15, -0.1) is 0 Å². The summed E-state index contributed by atoms with van der Waals surface area (Å²) in [5.74, 6) is -0.811. The molecule has 0 bridgehead atoms. The van der Waals surface area contributed by atoms with Crippen LogP contribution in [0.3, 0.4) is 0 Å². The highest BCUT2D eigenvalue weighted by Crippen LogP contribution is 2.27. The lowest BCUT2D eigenvalue weighted by atomic mass is 10.2. The van der Waals surface area contributed by atoms with Crippen molar-refractivity contribution < 1.29 is 14.0 Å². The third-order valence-corrected chi connectivity index (χ3v) is 5.00. The van der Waals surface area contributed by atoms with E-state index >= 15 is 0 Å². The zero-order valence-electron chi connectivity index (χ0n) is 12.5. The number of carbonyl (C=O) groups excluding carboxylic acids is 2. The van der Waals surface area contributed by atoms with Gasteiger partial charge in [-0.1, -0.05) is 24.6 Å². The van der Waals surface area contributed by atoms with Crippen LogP contribution >= 0.6 is 11.8 Å². The van der Waals surface area contributed by atoms with Crippen LogP contribution in [0.1, 0.15) is 32.1 Å². The molecule has 7 heteroatoms. The van der Waals surface area contributed by atoms with Crippen LogP contribution in [0.2, 0.25) is 0 Å². The van der Waals surface area contributed by atoms with Gasteiger partial charge in [-0.2, -0.15) is 0 Å². The summed E-state index contributed by atoms with van der Waals surface area (Å²) in [5, 5.41) is 5.58. The summed E-state index contributed by atoms with van der Waals surface area (Å²) in [4.78, 5) is 28.5. The van der Waals surface area contributed by atoms with Gasteiger partial charge < -0.3 is 10.6 Å². The van der Waals surface area contributed by atoms with Crippen LogP contribution in [0, 0.1) is 5.82 Å². The van der Waals surface area contributed by atoms with E-state index in [1.807, 2.05) is 0 Å². The van der Waals surface area contributed by atoms with E-state index in [0.717, 1.165) is 12.8 Å². The molecule has 2 fully saturated rings. The summed E-state index contributed by atoms with van der Waals surface area (Å²) in [5.41, 5.74) is 0.514. The molecule has 23 heavy (non-hydrogen) atoms. The summed E-state index contributed by atoms with van der Waals surface area (Å²) in [7, 11) is 0. The number of thioether (sulfide) groups is 1. The minimum atomic E-state index is -0.462. The molecule has 1 atom stereocenters. The van der Waals surface area contributed by atoms with Crippen molar-refractivity contribution in [3.05, 3.63) is 30.1 Å². The molecule has 122 valence electrons. The zero-order valence-corrected chi connectivity index (χ0v) is 13.4. The van der Waals surface area contributed by atoms with Crippen molar-refractivity contribution in [3.8, 4) is 0 Å². The molecule has 1 saturated carbocycles. The quantitative estimate of drug-likeness (QED) is 0.889. The van der Waals surface area contributed by atoms with E-state index in [1.54, 1.807) is 0 Å². The highest BCUT2D eigenvalue weighted by atomic mass is 32.2. The van der Waals surface area contributed by atoms with Crippen molar-refractivity contribution in [2.45, 2.75) is 43.4 Å². The standard InChI is InChI=1S/C16H18FN3O2S/c17-10-5-7-12(8-6-10)18-14(21)9-13-15(22)20-16(23-13)19-11-3-1-2-4-11/h5-8,11,13H,1-4,9H2,(H,18,21)(H,19,20,22)/t13-/m0/s1. The molecule has 0 spiro atoms. The predicted molar refractivity (Wildman–Crippen MR) is 88.9 cm³/mol. The molecule has 1 aliphatic heterocycles. The van der Waals surface area contributed by atoms with Crippen molar-refractivity contribution >= 4 is 34.4 Å². The molecule has 0 radical (unpaired) electrons. The summed E-state index contributed by atoms with van der Waals surface area (Å²) in [6.07, 6.45) is 4.57. The largest absolute Gasteiger partial charge is 0.326 e. The molecular formula is C16H18FN3O2S. The minimum Gasteiger partial charge on any atom is -0.326 e. The normalized spacial score (nSPS) is 23.3. The third-order valence-electron chi connectivity index (χ3n) is 3.90. The van der Waals surface area contributed by atoms with E-state index in [-0.39, 0.29) is 24.1 Å². The van der Waals surface area contributed by atoms with Crippen molar-refractivity contribution in [3.63, 3.8) is 0 Å². The molecule has 0 aromatic heterocycles. The first-order valence-corrected chi connectivity index (χ1v) is 8.59. The summed E-state index contributed by atoms with van der Waals surface area (Å²) >= 11 is 1.32. The van der Waals surface area contributed by atoms with E-state index in [9.17, 15) is 14.0 Å². The third kappa shape index (κ3) is 4.31. The molecule has 1 heterocycles. The second kappa shape index (κ2) is 7.12. The van der Waals surface area contributed by atoms with Gasteiger partial charge in [-0.3, -0.25) is 14.6 Å². The number of hydrogen-bond acceptors (Lipinski definition) is 4. The average molecular weight is 335 g/mol. The van der Waals surface area contributed by atoms with Crippen LogP contribution in [0.25, 0.3) is 0 Å². The maximum atomic E-state index is 12.8. The van der Waals surface area contributed by atoms with Gasteiger partial charge in [0, 0.05) is 12.1 Å². The van der Waals surface area contributed by atoms with Crippen LogP contribution in [-0.4, -0.2) is 28.3 Å². The van der Waals surface area contributed by atoms with Gasteiger partial charge in [-0.25, -0.2) is 4.39 Å². The number of carbonyl (C=O) groups is 2. The van der Waals surface area contributed by atoms with Crippen LogP contribution in [-0.2, 0) is 9.59 Å². The number of halogens is 1. The van der Waals surface area contributed by atoms with Gasteiger partial charge >= 0.3 is 0 Å². The highest BCUT2D eigenvalue weighted by molar-refractivity contribution is 8.15. The zero-order chi connectivity index (χ0) is 16.2. The predicted octanol–water partition coefficient (Wildman–Crippen LogP) is 2.68. The number of benzene rings is 1. The molecule has 2 aliphatic rings. The smallest absolute Gasteiger partial charge is 0.240 e. The number of rotatable bonds is 4. The molecule has 5 nitrogen and oxygen atoms in total. The van der Waals surface area contributed by atoms with E-state index in [0.29, 0.717) is 16.9 Å². The lowest BCUT2D eigenvalue weighted by molar-refractivity contribution is -0.122. The molecular weight excluding hydrogens is 317 g/mol. The van der Waals surface area contributed by atoms with Crippen molar-refractivity contribution in [2.75, 3.05) is 5.32 Å². The van der Waals surface area contributed by atoms with E-state index in [1.165, 1.54) is 48.9 Å². The fourth-order valence-electron chi connectivity index (χ4n) is 2.71. The Bertz CT molecular complexity index is 627. The monoisotopic (exact) mass is 335 g/mol. The molecule has 1 aliphatic carbocycles. The van der Waals surface area contributed by atoms with Gasteiger partial charge in [0.05, 0.1) is 6.04 Å². The fourth-order valence-corrected chi connectivity index (χ4v) is 3.75. The maximum Gasteiger partial charge on any atom is 0.240 e.